The van der Waals surface area contributed by atoms with Gasteiger partial charge in [-0.1, -0.05) is 16.4 Å². The van der Waals surface area contributed by atoms with Gasteiger partial charge < -0.3 is 14.0 Å². The molecule has 2 aliphatic rings. The first-order valence-electron chi connectivity index (χ1n) is 9.86. The van der Waals surface area contributed by atoms with Crippen molar-refractivity contribution in [3.05, 3.63) is 54.2 Å². The van der Waals surface area contributed by atoms with Crippen LogP contribution in [0, 0.1) is 5.82 Å². The van der Waals surface area contributed by atoms with Gasteiger partial charge in [-0.3, -0.25) is 14.6 Å². The largest absolute Gasteiger partial charge is 0.493 e. The molecule has 2 atom stereocenters. The van der Waals surface area contributed by atoms with Crippen molar-refractivity contribution in [2.75, 3.05) is 19.1 Å². The summed E-state index contributed by atoms with van der Waals surface area (Å²) in [6.07, 6.45) is 0. The van der Waals surface area contributed by atoms with E-state index >= 15 is 0 Å². The zero-order chi connectivity index (χ0) is 23.1. The molecule has 3 aromatic rings. The second-order valence-electron chi connectivity index (χ2n) is 7.27. The maximum Gasteiger partial charge on any atom is 0.263 e. The van der Waals surface area contributed by atoms with Crippen LogP contribution in [0.3, 0.4) is 0 Å². The number of nitrogens with zero attached hydrogens (tertiary/aromatic N) is 6. The van der Waals surface area contributed by atoms with Crippen LogP contribution in [0.25, 0.3) is 11.4 Å². The minimum absolute atomic E-state index is 0.0407. The number of aromatic nitrogens is 2. The molecule has 12 heteroatoms. The van der Waals surface area contributed by atoms with E-state index in [1.165, 1.54) is 37.4 Å². The summed E-state index contributed by atoms with van der Waals surface area (Å²) in [6.45, 7) is -0.0407. The standard InChI is InChI=1S/C21H17FN6O5/c1-31-14-7-6-11(8-15(14)32-2)19-23-16(33-25-19)10-27-18-17(24-26-27)20(29)28(21(18)30)13-5-3-4-12(22)9-13/h3-9,17-18H,10H2,1-2H3/t17-,18-/m0/s1. The minimum Gasteiger partial charge on any atom is -0.493 e. The van der Waals surface area contributed by atoms with E-state index in [0.717, 1.165) is 11.0 Å². The van der Waals surface area contributed by atoms with Crippen molar-refractivity contribution in [1.29, 1.82) is 0 Å². The molecule has 168 valence electrons. The van der Waals surface area contributed by atoms with Gasteiger partial charge in [-0.05, 0) is 36.4 Å². The number of amides is 2. The maximum atomic E-state index is 13.6. The van der Waals surface area contributed by atoms with Crippen LogP contribution < -0.4 is 14.4 Å². The molecular weight excluding hydrogens is 435 g/mol. The van der Waals surface area contributed by atoms with Gasteiger partial charge in [0.05, 0.1) is 19.9 Å². The van der Waals surface area contributed by atoms with Crippen molar-refractivity contribution in [1.82, 2.24) is 15.1 Å². The Labute approximate surface area is 186 Å². The third-order valence-electron chi connectivity index (χ3n) is 5.33. The Bertz CT molecular complexity index is 1280. The summed E-state index contributed by atoms with van der Waals surface area (Å²) in [7, 11) is 3.05. The lowest BCUT2D eigenvalue weighted by Gasteiger charge is -2.19. The molecule has 1 aromatic heterocycles. The zero-order valence-corrected chi connectivity index (χ0v) is 17.5. The molecule has 2 aliphatic heterocycles. The van der Waals surface area contributed by atoms with Gasteiger partial charge >= 0.3 is 0 Å². The van der Waals surface area contributed by atoms with Crippen LogP contribution in [-0.4, -0.2) is 53.3 Å². The topological polar surface area (TPSA) is 123 Å². The smallest absolute Gasteiger partial charge is 0.263 e. The molecule has 2 aromatic carbocycles. The highest BCUT2D eigenvalue weighted by Crippen LogP contribution is 2.34. The number of halogens is 1. The lowest BCUT2D eigenvalue weighted by Crippen LogP contribution is -2.39. The van der Waals surface area contributed by atoms with Gasteiger partial charge in [-0.15, -0.1) is 0 Å². The zero-order valence-electron chi connectivity index (χ0n) is 17.5. The number of methoxy groups -OCH3 is 2. The number of carbonyl (C=O) groups excluding carboxylic acids is 2. The number of anilines is 1. The van der Waals surface area contributed by atoms with Crippen LogP contribution in [0.2, 0.25) is 0 Å². The molecule has 0 bridgehead atoms. The highest BCUT2D eigenvalue weighted by molar-refractivity contribution is 6.25. The summed E-state index contributed by atoms with van der Waals surface area (Å²) >= 11 is 0. The first-order chi connectivity index (χ1) is 16.0. The number of hydrogen-bond acceptors (Lipinski definition) is 10. The SMILES string of the molecule is COc1ccc(-c2noc(CN3N=N[C@@H]4C(=O)N(c5cccc(F)c5)C(=O)[C@H]43)n2)cc1OC. The number of benzene rings is 2. The fourth-order valence-electron chi connectivity index (χ4n) is 3.77. The van der Waals surface area contributed by atoms with E-state index < -0.39 is 29.7 Å². The van der Waals surface area contributed by atoms with E-state index in [9.17, 15) is 14.0 Å². The van der Waals surface area contributed by atoms with E-state index in [-0.39, 0.29) is 18.1 Å². The van der Waals surface area contributed by atoms with Crippen LogP contribution in [0.4, 0.5) is 10.1 Å². The predicted molar refractivity (Wildman–Crippen MR) is 110 cm³/mol. The molecule has 11 nitrogen and oxygen atoms in total. The Morgan fingerprint density at radius 1 is 1.06 bits per heavy atom. The Morgan fingerprint density at radius 2 is 1.88 bits per heavy atom. The summed E-state index contributed by atoms with van der Waals surface area (Å²) in [5.74, 6) is -0.153. The lowest BCUT2D eigenvalue weighted by molar-refractivity contribution is -0.123. The molecule has 1 fully saturated rings. The summed E-state index contributed by atoms with van der Waals surface area (Å²) in [4.78, 5) is 31.0. The quantitative estimate of drug-likeness (QED) is 0.523. The second-order valence-corrected chi connectivity index (χ2v) is 7.27. The Hall–Kier alpha value is -4.35. The van der Waals surface area contributed by atoms with Crippen LogP contribution in [-0.2, 0) is 16.1 Å². The first kappa shape index (κ1) is 20.5. The van der Waals surface area contributed by atoms with Gasteiger partial charge in [-0.25, -0.2) is 9.29 Å². The maximum absolute atomic E-state index is 13.6. The molecule has 1 saturated heterocycles. The molecule has 0 aliphatic carbocycles. The molecule has 2 amide bonds. The van der Waals surface area contributed by atoms with E-state index in [0.29, 0.717) is 22.9 Å². The van der Waals surface area contributed by atoms with Gasteiger partial charge in [0.2, 0.25) is 11.7 Å². The third-order valence-corrected chi connectivity index (χ3v) is 5.33. The monoisotopic (exact) mass is 452 g/mol. The normalized spacial score (nSPS) is 19.4. The van der Waals surface area contributed by atoms with E-state index in [1.54, 1.807) is 18.2 Å². The molecule has 0 saturated carbocycles. The average molecular weight is 452 g/mol. The van der Waals surface area contributed by atoms with Crippen LogP contribution in [0.1, 0.15) is 5.89 Å². The molecule has 3 heterocycles. The average Bonchev–Trinajstić information content (AvgIpc) is 3.51. The van der Waals surface area contributed by atoms with Gasteiger partial charge in [-0.2, -0.15) is 10.1 Å². The molecular formula is C21H17FN6O5. The molecule has 33 heavy (non-hydrogen) atoms. The number of imide groups is 1. The Kier molecular flexibility index (Phi) is 4.96. The summed E-state index contributed by atoms with van der Waals surface area (Å²) in [6, 6.07) is 8.42. The highest BCUT2D eigenvalue weighted by Gasteiger charge is 2.55. The van der Waals surface area contributed by atoms with E-state index in [1.807, 2.05) is 0 Å². The van der Waals surface area contributed by atoms with E-state index in [4.69, 9.17) is 14.0 Å². The predicted octanol–water partition coefficient (Wildman–Crippen LogP) is 2.39. The third kappa shape index (κ3) is 3.45. The van der Waals surface area contributed by atoms with E-state index in [2.05, 4.69) is 20.5 Å². The van der Waals surface area contributed by atoms with Crippen molar-refractivity contribution in [2.45, 2.75) is 18.6 Å². The second kappa shape index (κ2) is 7.97. The van der Waals surface area contributed by atoms with Crippen LogP contribution in [0.15, 0.2) is 57.3 Å². The van der Waals surface area contributed by atoms with Gasteiger partial charge in [0.1, 0.15) is 12.4 Å². The number of rotatable bonds is 6. The highest BCUT2D eigenvalue weighted by atomic mass is 19.1. The number of ether oxygens (including phenoxy) is 2. The van der Waals surface area contributed by atoms with Crippen LogP contribution >= 0.6 is 0 Å². The summed E-state index contributed by atoms with van der Waals surface area (Å²) < 4.78 is 29.4. The van der Waals surface area contributed by atoms with Crippen molar-refractivity contribution in [3.8, 4) is 22.9 Å². The fraction of sp³-hybridized carbons (Fsp3) is 0.238. The molecule has 0 radical (unpaired) electrons. The molecule has 0 spiro atoms. The summed E-state index contributed by atoms with van der Waals surface area (Å²) in [5.41, 5.74) is 0.774. The van der Waals surface area contributed by atoms with Gasteiger partial charge in [0, 0.05) is 5.56 Å². The number of hydrogen-bond donors (Lipinski definition) is 0. The first-order valence-corrected chi connectivity index (χ1v) is 9.86. The molecule has 0 unspecified atom stereocenters. The minimum atomic E-state index is -1.02. The number of carbonyl (C=O) groups is 2. The van der Waals surface area contributed by atoms with Gasteiger partial charge in [0.25, 0.3) is 11.8 Å². The Balaban J connectivity index is 1.35. The van der Waals surface area contributed by atoms with Crippen molar-refractivity contribution >= 4 is 17.5 Å². The Morgan fingerprint density at radius 3 is 2.64 bits per heavy atom. The van der Waals surface area contributed by atoms with Crippen molar-refractivity contribution in [2.24, 2.45) is 10.3 Å². The fourth-order valence-corrected chi connectivity index (χ4v) is 3.77. The van der Waals surface area contributed by atoms with Crippen LogP contribution in [0.5, 0.6) is 11.5 Å². The number of fused-ring (bicyclic) bond motifs is 1. The molecule has 5 rings (SSSR count). The van der Waals surface area contributed by atoms with Crippen molar-refractivity contribution < 1.29 is 28.0 Å². The molecule has 0 N–H and O–H groups in total. The van der Waals surface area contributed by atoms with Crippen molar-refractivity contribution in [3.63, 3.8) is 0 Å². The van der Waals surface area contributed by atoms with Gasteiger partial charge in [0.15, 0.2) is 23.6 Å². The summed E-state index contributed by atoms with van der Waals surface area (Å²) in [5, 5.41) is 13.2. The lowest BCUT2D eigenvalue weighted by atomic mass is 10.1.